The number of carbonyl (C=O) groups is 1. The molecular formula is C14H17BrF3N5O. The Bertz CT molecular complexity index is 750. The lowest BCUT2D eigenvalue weighted by molar-refractivity contribution is -0.142. The van der Waals surface area contributed by atoms with E-state index in [9.17, 15) is 18.0 Å². The number of aromatic nitrogens is 4. The number of rotatable bonds is 5. The molecule has 24 heavy (non-hydrogen) atoms. The van der Waals surface area contributed by atoms with E-state index >= 15 is 0 Å². The van der Waals surface area contributed by atoms with E-state index in [4.69, 9.17) is 0 Å². The molecule has 0 aromatic carbocycles. The molecule has 1 amide bonds. The number of nitrogens with zero attached hydrogens (tertiary/aromatic N) is 4. The molecular weight excluding hydrogens is 391 g/mol. The van der Waals surface area contributed by atoms with Crippen LogP contribution in [-0.2, 0) is 24.1 Å². The summed E-state index contributed by atoms with van der Waals surface area (Å²) in [5, 5.41) is 10.4. The Morgan fingerprint density at radius 2 is 1.96 bits per heavy atom. The monoisotopic (exact) mass is 407 g/mol. The van der Waals surface area contributed by atoms with Crippen molar-refractivity contribution in [3.05, 3.63) is 27.8 Å². The van der Waals surface area contributed by atoms with Gasteiger partial charge in [-0.3, -0.25) is 14.2 Å². The van der Waals surface area contributed by atoms with Crippen molar-refractivity contribution < 1.29 is 18.0 Å². The van der Waals surface area contributed by atoms with Crippen LogP contribution in [0.2, 0.25) is 0 Å². The second-order valence-electron chi connectivity index (χ2n) is 5.23. The summed E-state index contributed by atoms with van der Waals surface area (Å²) in [6.45, 7) is 6.01. The van der Waals surface area contributed by atoms with Gasteiger partial charge in [0.1, 0.15) is 0 Å². The third kappa shape index (κ3) is 3.80. The van der Waals surface area contributed by atoms with E-state index in [1.165, 1.54) is 11.6 Å². The highest BCUT2D eigenvalue weighted by Crippen LogP contribution is 2.35. The third-order valence-corrected chi connectivity index (χ3v) is 4.58. The van der Waals surface area contributed by atoms with Crippen LogP contribution >= 0.6 is 15.9 Å². The molecule has 1 N–H and O–H groups in total. The molecule has 2 rings (SSSR count). The maximum Gasteiger partial charge on any atom is 0.436 e. The van der Waals surface area contributed by atoms with Gasteiger partial charge >= 0.3 is 6.18 Å². The predicted octanol–water partition coefficient (Wildman–Crippen LogP) is 3.53. The second-order valence-corrected chi connectivity index (χ2v) is 6.02. The summed E-state index contributed by atoms with van der Waals surface area (Å²) in [6, 6.07) is 0. The van der Waals surface area contributed by atoms with Crippen molar-refractivity contribution in [2.45, 2.75) is 46.5 Å². The van der Waals surface area contributed by atoms with Crippen LogP contribution in [0.25, 0.3) is 0 Å². The molecule has 2 aromatic heterocycles. The van der Waals surface area contributed by atoms with Crippen molar-refractivity contribution in [1.82, 2.24) is 19.6 Å². The van der Waals surface area contributed by atoms with E-state index in [1.807, 2.05) is 13.8 Å². The zero-order valence-corrected chi connectivity index (χ0v) is 15.0. The van der Waals surface area contributed by atoms with Crippen LogP contribution in [-0.4, -0.2) is 25.5 Å². The molecule has 2 heterocycles. The number of aryl methyl sites for hydroxylation is 2. The second kappa shape index (κ2) is 6.96. The molecule has 0 bridgehead atoms. The van der Waals surface area contributed by atoms with Gasteiger partial charge in [0.15, 0.2) is 5.69 Å². The molecule has 6 nitrogen and oxygen atoms in total. The number of halogens is 4. The van der Waals surface area contributed by atoms with Crippen LogP contribution in [0.3, 0.4) is 0 Å². The summed E-state index contributed by atoms with van der Waals surface area (Å²) in [5.41, 5.74) is 0.755. The molecule has 10 heteroatoms. The van der Waals surface area contributed by atoms with Crippen LogP contribution in [0.15, 0.2) is 10.7 Å². The van der Waals surface area contributed by atoms with Gasteiger partial charge in [-0.15, -0.1) is 0 Å². The number of carbonyl (C=O) groups excluding carboxylic acids is 1. The van der Waals surface area contributed by atoms with Gasteiger partial charge in [-0.1, -0.05) is 0 Å². The van der Waals surface area contributed by atoms with Crippen molar-refractivity contribution in [1.29, 1.82) is 0 Å². The average Bonchev–Trinajstić information content (AvgIpc) is 2.99. The summed E-state index contributed by atoms with van der Waals surface area (Å²) in [6.07, 6.45) is -2.99. The first-order chi connectivity index (χ1) is 11.1. The quantitative estimate of drug-likeness (QED) is 0.824. The Labute approximate surface area is 145 Å². The molecule has 0 unspecified atom stereocenters. The van der Waals surface area contributed by atoms with Gasteiger partial charge < -0.3 is 5.32 Å². The number of alkyl halides is 3. The predicted molar refractivity (Wildman–Crippen MR) is 85.6 cm³/mol. The number of amides is 1. The number of nitrogens with one attached hydrogen (secondary N) is 1. The van der Waals surface area contributed by atoms with Gasteiger partial charge in [0.05, 0.1) is 34.3 Å². The van der Waals surface area contributed by atoms with Gasteiger partial charge in [0.25, 0.3) is 0 Å². The maximum atomic E-state index is 12.8. The van der Waals surface area contributed by atoms with Gasteiger partial charge in [0, 0.05) is 13.0 Å². The van der Waals surface area contributed by atoms with E-state index in [0.717, 1.165) is 5.69 Å². The van der Waals surface area contributed by atoms with Crippen molar-refractivity contribution in [3.8, 4) is 0 Å². The fraction of sp³-hybridized carbons (Fsp3) is 0.500. The molecule has 2 aromatic rings. The molecule has 0 atom stereocenters. The van der Waals surface area contributed by atoms with E-state index in [-0.39, 0.29) is 23.3 Å². The lowest BCUT2D eigenvalue weighted by atomic mass is 10.3. The van der Waals surface area contributed by atoms with E-state index in [1.54, 1.807) is 10.9 Å². The summed E-state index contributed by atoms with van der Waals surface area (Å²) in [4.78, 5) is 12.0. The van der Waals surface area contributed by atoms with Gasteiger partial charge in [0.2, 0.25) is 5.91 Å². The highest BCUT2D eigenvalue weighted by Gasteiger charge is 2.37. The number of hydrogen-bond donors (Lipinski definition) is 1. The Morgan fingerprint density at radius 3 is 2.46 bits per heavy atom. The van der Waals surface area contributed by atoms with E-state index < -0.39 is 11.9 Å². The van der Waals surface area contributed by atoms with Gasteiger partial charge in [-0.05, 0) is 36.7 Å². The summed E-state index contributed by atoms with van der Waals surface area (Å²) in [5.74, 6) is -0.312. The highest BCUT2D eigenvalue weighted by molar-refractivity contribution is 9.10. The minimum atomic E-state index is -4.54. The smallest absolute Gasteiger partial charge is 0.323 e. The molecule has 0 aliphatic heterocycles. The van der Waals surface area contributed by atoms with Crippen molar-refractivity contribution in [3.63, 3.8) is 0 Å². The van der Waals surface area contributed by atoms with Crippen molar-refractivity contribution in [2.24, 2.45) is 0 Å². The average molecular weight is 408 g/mol. The summed E-state index contributed by atoms with van der Waals surface area (Å²) in [7, 11) is 0. The van der Waals surface area contributed by atoms with Crippen LogP contribution < -0.4 is 5.32 Å². The molecule has 0 spiro atoms. The maximum absolute atomic E-state index is 12.8. The third-order valence-electron chi connectivity index (χ3n) is 3.63. The van der Waals surface area contributed by atoms with Gasteiger partial charge in [-0.25, -0.2) is 0 Å². The molecule has 0 aliphatic rings. The van der Waals surface area contributed by atoms with E-state index in [0.29, 0.717) is 17.9 Å². The summed E-state index contributed by atoms with van der Waals surface area (Å²) >= 11 is 2.90. The first kappa shape index (κ1) is 18.5. The number of anilines is 1. The fourth-order valence-corrected chi connectivity index (χ4v) is 2.74. The first-order valence-corrected chi connectivity index (χ1v) is 8.06. The largest absolute Gasteiger partial charge is 0.436 e. The van der Waals surface area contributed by atoms with Crippen LogP contribution in [0.5, 0.6) is 0 Å². The molecule has 0 saturated heterocycles. The van der Waals surface area contributed by atoms with Gasteiger partial charge in [-0.2, -0.15) is 23.4 Å². The summed E-state index contributed by atoms with van der Waals surface area (Å²) < 4.78 is 41.3. The molecule has 0 aliphatic carbocycles. The Morgan fingerprint density at radius 1 is 1.29 bits per heavy atom. The lowest BCUT2D eigenvalue weighted by Crippen LogP contribution is -2.16. The Hall–Kier alpha value is -1.84. The molecule has 132 valence electrons. The topological polar surface area (TPSA) is 64.7 Å². The van der Waals surface area contributed by atoms with Crippen LogP contribution in [0, 0.1) is 13.8 Å². The van der Waals surface area contributed by atoms with Crippen molar-refractivity contribution in [2.75, 3.05) is 5.32 Å². The zero-order valence-electron chi connectivity index (χ0n) is 13.4. The fourth-order valence-electron chi connectivity index (χ4n) is 2.23. The lowest BCUT2D eigenvalue weighted by Gasteiger charge is -2.07. The minimum absolute atomic E-state index is 0.00298. The first-order valence-electron chi connectivity index (χ1n) is 7.27. The van der Waals surface area contributed by atoms with Crippen LogP contribution in [0.4, 0.5) is 18.9 Å². The normalized spacial score (nSPS) is 11.8. The SMILES string of the molecule is CCn1ncc(NC(=O)CCn2nc(C(F)(F)F)c(Br)c2C)c1C. The molecule has 0 saturated carbocycles. The Balaban J connectivity index is 2.03. The highest BCUT2D eigenvalue weighted by atomic mass is 79.9. The Kier molecular flexibility index (Phi) is 5.36. The van der Waals surface area contributed by atoms with Crippen molar-refractivity contribution >= 4 is 27.5 Å². The van der Waals surface area contributed by atoms with E-state index in [2.05, 4.69) is 31.4 Å². The standard InChI is InChI=1S/C14H17BrF3N5O/c1-4-22-8(2)10(7-19-22)20-11(24)5-6-23-9(3)12(15)13(21-23)14(16,17)18/h7H,4-6H2,1-3H3,(H,20,24). The van der Waals surface area contributed by atoms with Crippen LogP contribution in [0.1, 0.15) is 30.4 Å². The molecule has 0 fully saturated rings. The number of hydrogen-bond acceptors (Lipinski definition) is 3. The minimum Gasteiger partial charge on any atom is -0.323 e. The zero-order chi connectivity index (χ0) is 18.1. The molecule has 0 radical (unpaired) electrons.